The maximum Gasteiger partial charge on any atom is 0.636 e. The van der Waals surface area contributed by atoms with E-state index >= 15 is 0 Å². The fourth-order valence-electron chi connectivity index (χ4n) is 4.33. The van der Waals surface area contributed by atoms with Crippen molar-refractivity contribution < 1.29 is 28.4 Å². The number of fused-ring (bicyclic) bond motifs is 1. The van der Waals surface area contributed by atoms with Gasteiger partial charge in [0.25, 0.3) is 0 Å². The van der Waals surface area contributed by atoms with Crippen LogP contribution in [0.2, 0.25) is 0 Å². The highest BCUT2D eigenvalue weighted by Gasteiger charge is 2.34. The van der Waals surface area contributed by atoms with Crippen molar-refractivity contribution in [2.24, 2.45) is 0 Å². The lowest BCUT2D eigenvalue weighted by Crippen LogP contribution is -2.47. The van der Waals surface area contributed by atoms with E-state index < -0.39 is 19.1 Å². The molecule has 1 aromatic heterocycles. The van der Waals surface area contributed by atoms with Gasteiger partial charge in [-0.3, -0.25) is 19.5 Å². The standard InChI is InChI=1S/C26H25BN2O6/c1-17-22(7-4-14-28-17)33-23-6-3-5-20-21(23)12-13-24(20)32-19-10-8-18(9-11-19)27-34-25(30)15-29(2)16-26(31)35-27/h3-11,14,24H,12-13,15-16H2,1-2H3. The normalized spacial score (nSPS) is 18.2. The summed E-state index contributed by atoms with van der Waals surface area (Å²) < 4.78 is 23.1. The van der Waals surface area contributed by atoms with Gasteiger partial charge in [-0.2, -0.15) is 0 Å². The second kappa shape index (κ2) is 9.80. The van der Waals surface area contributed by atoms with Gasteiger partial charge in [0.2, 0.25) is 0 Å². The first-order chi connectivity index (χ1) is 17.0. The molecule has 5 rings (SSSR count). The molecule has 9 heteroatoms. The zero-order chi connectivity index (χ0) is 24.4. The zero-order valence-electron chi connectivity index (χ0n) is 19.6. The Morgan fingerprint density at radius 3 is 2.40 bits per heavy atom. The zero-order valence-corrected chi connectivity index (χ0v) is 19.6. The molecule has 1 fully saturated rings. The number of aromatic nitrogens is 1. The van der Waals surface area contributed by atoms with Crippen molar-refractivity contribution in [1.29, 1.82) is 0 Å². The van der Waals surface area contributed by atoms with Crippen LogP contribution in [0.5, 0.6) is 17.2 Å². The summed E-state index contributed by atoms with van der Waals surface area (Å²) in [5.74, 6) is 1.32. The van der Waals surface area contributed by atoms with Crippen LogP contribution >= 0.6 is 0 Å². The molecule has 1 saturated heterocycles. The number of pyridine rings is 1. The van der Waals surface area contributed by atoms with Crippen molar-refractivity contribution in [3.8, 4) is 17.2 Å². The van der Waals surface area contributed by atoms with Gasteiger partial charge in [0.05, 0.1) is 18.8 Å². The van der Waals surface area contributed by atoms with Crippen LogP contribution in [0.3, 0.4) is 0 Å². The van der Waals surface area contributed by atoms with Crippen molar-refractivity contribution in [1.82, 2.24) is 9.88 Å². The average Bonchev–Trinajstić information content (AvgIpc) is 3.23. The quantitative estimate of drug-likeness (QED) is 0.524. The minimum Gasteiger partial charge on any atom is -0.494 e. The second-order valence-corrected chi connectivity index (χ2v) is 8.71. The van der Waals surface area contributed by atoms with Crippen LogP contribution in [0, 0.1) is 6.92 Å². The fourth-order valence-corrected chi connectivity index (χ4v) is 4.33. The topological polar surface area (TPSA) is 87.2 Å². The number of rotatable bonds is 5. The second-order valence-electron chi connectivity index (χ2n) is 8.71. The third-order valence-corrected chi connectivity index (χ3v) is 6.06. The van der Waals surface area contributed by atoms with E-state index in [-0.39, 0.29) is 19.2 Å². The molecule has 3 aromatic rings. The van der Waals surface area contributed by atoms with E-state index in [1.165, 1.54) is 0 Å². The van der Waals surface area contributed by atoms with Gasteiger partial charge in [-0.15, -0.1) is 0 Å². The molecule has 1 unspecified atom stereocenters. The molecule has 2 aliphatic rings. The number of ether oxygens (including phenoxy) is 2. The van der Waals surface area contributed by atoms with E-state index in [2.05, 4.69) is 11.1 Å². The molecule has 35 heavy (non-hydrogen) atoms. The Labute approximate surface area is 203 Å². The Morgan fingerprint density at radius 2 is 1.69 bits per heavy atom. The molecule has 1 aliphatic carbocycles. The molecule has 8 nitrogen and oxygen atoms in total. The van der Waals surface area contributed by atoms with Gasteiger partial charge >= 0.3 is 19.1 Å². The number of carbonyl (C=O) groups is 2. The third-order valence-electron chi connectivity index (χ3n) is 6.06. The molecular weight excluding hydrogens is 447 g/mol. The first-order valence-electron chi connectivity index (χ1n) is 11.5. The van der Waals surface area contributed by atoms with E-state index in [0.717, 1.165) is 41.2 Å². The summed E-state index contributed by atoms with van der Waals surface area (Å²) in [5, 5.41) is 0. The predicted octanol–water partition coefficient (Wildman–Crippen LogP) is 2.98. The number of benzene rings is 2. The molecule has 0 spiro atoms. The summed E-state index contributed by atoms with van der Waals surface area (Å²) in [6.07, 6.45) is 3.31. The number of carbonyl (C=O) groups excluding carboxylic acids is 2. The molecule has 1 atom stereocenters. The first-order valence-corrected chi connectivity index (χ1v) is 11.5. The van der Waals surface area contributed by atoms with E-state index in [0.29, 0.717) is 11.2 Å². The Kier molecular flexibility index (Phi) is 6.42. The molecule has 0 amide bonds. The molecule has 178 valence electrons. The Balaban J connectivity index is 1.29. The Morgan fingerprint density at radius 1 is 0.971 bits per heavy atom. The van der Waals surface area contributed by atoms with Crippen molar-refractivity contribution >= 4 is 24.5 Å². The minimum absolute atomic E-state index is 0.0277. The lowest BCUT2D eigenvalue weighted by molar-refractivity contribution is -0.145. The summed E-state index contributed by atoms with van der Waals surface area (Å²) in [5.41, 5.74) is 3.64. The lowest BCUT2D eigenvalue weighted by atomic mass is 9.78. The van der Waals surface area contributed by atoms with Gasteiger partial charge in [-0.05, 0) is 62.7 Å². The van der Waals surface area contributed by atoms with Gasteiger partial charge in [0, 0.05) is 17.2 Å². The van der Waals surface area contributed by atoms with Crippen LogP contribution in [0.15, 0.2) is 60.8 Å². The van der Waals surface area contributed by atoms with Gasteiger partial charge in [0.1, 0.15) is 23.4 Å². The highest BCUT2D eigenvalue weighted by molar-refractivity contribution is 6.64. The number of nitrogens with zero attached hydrogens (tertiary/aromatic N) is 2. The molecule has 0 N–H and O–H groups in total. The van der Waals surface area contributed by atoms with E-state index in [9.17, 15) is 9.59 Å². The Hall–Kier alpha value is -3.85. The molecule has 1 aliphatic heterocycles. The number of hydrogen-bond acceptors (Lipinski definition) is 8. The fraction of sp³-hybridized carbons (Fsp3) is 0.269. The van der Waals surface area contributed by atoms with Crippen molar-refractivity contribution in [2.45, 2.75) is 25.9 Å². The summed E-state index contributed by atoms with van der Waals surface area (Å²) in [7, 11) is 0.589. The highest BCUT2D eigenvalue weighted by atomic mass is 16.6. The molecule has 2 heterocycles. The Bertz CT molecular complexity index is 1230. The maximum absolute atomic E-state index is 12.0. The molecule has 0 radical (unpaired) electrons. The van der Waals surface area contributed by atoms with E-state index in [4.69, 9.17) is 18.8 Å². The van der Waals surface area contributed by atoms with Crippen molar-refractivity contribution in [3.05, 3.63) is 77.6 Å². The molecule has 0 saturated carbocycles. The van der Waals surface area contributed by atoms with Crippen LogP contribution in [0.4, 0.5) is 0 Å². The lowest BCUT2D eigenvalue weighted by Gasteiger charge is -2.22. The third kappa shape index (κ3) is 5.15. The first kappa shape index (κ1) is 22.9. The number of hydrogen-bond donors (Lipinski definition) is 0. The summed E-state index contributed by atoms with van der Waals surface area (Å²) >= 11 is 0. The minimum atomic E-state index is -1.07. The van der Waals surface area contributed by atoms with Crippen LogP contribution in [0.1, 0.15) is 29.3 Å². The monoisotopic (exact) mass is 472 g/mol. The van der Waals surface area contributed by atoms with Crippen LogP contribution < -0.4 is 14.9 Å². The maximum atomic E-state index is 12.0. The summed E-state index contributed by atoms with van der Waals surface area (Å²) in [6, 6.07) is 16.8. The van der Waals surface area contributed by atoms with Gasteiger partial charge < -0.3 is 18.8 Å². The van der Waals surface area contributed by atoms with Crippen LogP contribution in [-0.2, 0) is 25.3 Å². The van der Waals surface area contributed by atoms with Gasteiger partial charge in [-0.1, -0.05) is 24.3 Å². The smallest absolute Gasteiger partial charge is 0.494 e. The van der Waals surface area contributed by atoms with Gasteiger partial charge in [0.15, 0.2) is 0 Å². The van der Waals surface area contributed by atoms with Gasteiger partial charge in [-0.25, -0.2) is 0 Å². The number of likely N-dealkylation sites (N-methyl/N-ethyl adjacent to an activating group) is 1. The summed E-state index contributed by atoms with van der Waals surface area (Å²) in [6.45, 7) is 1.98. The largest absolute Gasteiger partial charge is 0.636 e. The van der Waals surface area contributed by atoms with E-state index in [1.807, 2.05) is 31.2 Å². The number of aryl methyl sites for hydroxylation is 1. The highest BCUT2D eigenvalue weighted by Crippen LogP contribution is 2.41. The van der Waals surface area contributed by atoms with Crippen LogP contribution in [0.25, 0.3) is 0 Å². The van der Waals surface area contributed by atoms with Crippen molar-refractivity contribution in [3.63, 3.8) is 0 Å². The van der Waals surface area contributed by atoms with E-state index in [1.54, 1.807) is 42.4 Å². The average molecular weight is 472 g/mol. The predicted molar refractivity (Wildman–Crippen MR) is 129 cm³/mol. The van der Waals surface area contributed by atoms with Crippen molar-refractivity contribution in [2.75, 3.05) is 20.1 Å². The molecule has 2 aromatic carbocycles. The SMILES string of the molecule is Cc1ncccc1Oc1cccc2c1CCC2Oc1ccc(B2OC(=O)CN(C)CC(=O)O2)cc1. The summed E-state index contributed by atoms with van der Waals surface area (Å²) in [4.78, 5) is 29.9. The molecular formula is C26H25BN2O6. The van der Waals surface area contributed by atoms with Crippen LogP contribution in [-0.4, -0.2) is 49.1 Å². The molecule has 0 bridgehead atoms.